The van der Waals surface area contributed by atoms with Crippen molar-refractivity contribution in [2.75, 3.05) is 7.11 Å². The molecule has 0 spiro atoms. The van der Waals surface area contributed by atoms with Gasteiger partial charge in [0.1, 0.15) is 0 Å². The number of guanidine groups is 1. The molecule has 0 fully saturated rings. The predicted molar refractivity (Wildman–Crippen MR) is 78.4 cm³/mol. The van der Waals surface area contributed by atoms with Gasteiger partial charge in [-0.2, -0.15) is 0 Å². The second-order valence-electron chi connectivity index (χ2n) is 5.92. The van der Waals surface area contributed by atoms with Crippen LogP contribution in [-0.2, 0) is 16.1 Å². The summed E-state index contributed by atoms with van der Waals surface area (Å²) in [6, 6.07) is 7.27. The molecule has 1 aromatic rings. The summed E-state index contributed by atoms with van der Waals surface area (Å²) in [6.45, 7) is 6.63. The van der Waals surface area contributed by atoms with Gasteiger partial charge in [0.2, 0.25) is 0 Å². The van der Waals surface area contributed by atoms with Crippen molar-refractivity contribution in [3.63, 3.8) is 0 Å². The third-order valence-electron chi connectivity index (χ3n) is 2.85. The number of nitrogens with one attached hydrogen (secondary N) is 2. The van der Waals surface area contributed by atoms with Crippen molar-refractivity contribution in [1.29, 1.82) is 0 Å². The maximum Gasteiger partial charge on any atom is 0.256 e. The molecule has 0 saturated heterocycles. The monoisotopic (exact) mass is 275 g/mol. The second-order valence-corrected chi connectivity index (χ2v) is 5.92. The molecule has 1 heterocycles. The molecule has 20 heavy (non-hydrogen) atoms. The van der Waals surface area contributed by atoms with E-state index in [4.69, 9.17) is 4.74 Å². The second kappa shape index (κ2) is 5.63. The minimum Gasteiger partial charge on any atom is -0.380 e. The van der Waals surface area contributed by atoms with Crippen LogP contribution in [0, 0.1) is 0 Å². The predicted octanol–water partition coefficient (Wildman–Crippen LogP) is 1.75. The zero-order chi connectivity index (χ0) is 14.8. The molecule has 0 aromatic heterocycles. The van der Waals surface area contributed by atoms with E-state index in [9.17, 15) is 4.79 Å². The van der Waals surface area contributed by atoms with Gasteiger partial charge in [-0.3, -0.25) is 10.1 Å². The van der Waals surface area contributed by atoms with Crippen molar-refractivity contribution in [1.82, 2.24) is 10.6 Å². The lowest BCUT2D eigenvalue weighted by Gasteiger charge is -2.21. The fourth-order valence-corrected chi connectivity index (χ4v) is 2.01. The third-order valence-corrected chi connectivity index (χ3v) is 2.85. The van der Waals surface area contributed by atoms with Crippen molar-refractivity contribution in [2.45, 2.75) is 39.0 Å². The lowest BCUT2D eigenvalue weighted by atomic mass is 10.1. The first-order chi connectivity index (χ1) is 9.39. The molecule has 1 aromatic carbocycles. The van der Waals surface area contributed by atoms with Crippen LogP contribution >= 0.6 is 0 Å². The molecule has 5 nitrogen and oxygen atoms in total. The zero-order valence-electron chi connectivity index (χ0n) is 12.4. The first-order valence-electron chi connectivity index (χ1n) is 6.64. The lowest BCUT2D eigenvalue weighted by molar-refractivity contribution is -0.120. The Balaban J connectivity index is 2.13. The molecule has 1 aliphatic rings. The molecule has 1 atom stereocenters. The summed E-state index contributed by atoms with van der Waals surface area (Å²) >= 11 is 0. The SMILES string of the molecule is COCc1ccc(C2N=C(NC(C)(C)C)NC2=O)cc1. The van der Waals surface area contributed by atoms with Crippen molar-refractivity contribution in [2.24, 2.45) is 4.99 Å². The first kappa shape index (κ1) is 14.5. The van der Waals surface area contributed by atoms with Gasteiger partial charge in [-0.25, -0.2) is 4.99 Å². The van der Waals surface area contributed by atoms with Crippen LogP contribution in [0.1, 0.15) is 37.9 Å². The minimum absolute atomic E-state index is 0.101. The molecule has 1 unspecified atom stereocenters. The van der Waals surface area contributed by atoms with Crippen molar-refractivity contribution in [3.8, 4) is 0 Å². The summed E-state index contributed by atoms with van der Waals surface area (Å²) in [5, 5.41) is 5.95. The van der Waals surface area contributed by atoms with E-state index < -0.39 is 6.04 Å². The van der Waals surface area contributed by atoms with Gasteiger partial charge < -0.3 is 10.1 Å². The highest BCUT2D eigenvalue weighted by Gasteiger charge is 2.29. The largest absolute Gasteiger partial charge is 0.380 e. The standard InChI is InChI=1S/C15H21N3O2/c1-15(2,3)18-14-16-12(13(19)17-14)11-7-5-10(6-8-11)9-20-4/h5-8,12H,9H2,1-4H3,(H2,16,17,18,19). The summed E-state index contributed by atoms with van der Waals surface area (Å²) in [4.78, 5) is 16.4. The number of rotatable bonds is 3. The Morgan fingerprint density at radius 2 is 1.95 bits per heavy atom. The van der Waals surface area contributed by atoms with Crippen LogP contribution < -0.4 is 10.6 Å². The van der Waals surface area contributed by atoms with Crippen LogP contribution in [0.5, 0.6) is 0 Å². The molecule has 5 heteroatoms. The highest BCUT2D eigenvalue weighted by atomic mass is 16.5. The van der Waals surface area contributed by atoms with E-state index in [1.807, 2.05) is 45.0 Å². The molecule has 1 aliphatic heterocycles. The van der Waals surface area contributed by atoms with Crippen LogP contribution in [0.15, 0.2) is 29.3 Å². The number of carbonyl (C=O) groups is 1. The maximum absolute atomic E-state index is 12.0. The van der Waals surface area contributed by atoms with E-state index in [0.717, 1.165) is 11.1 Å². The van der Waals surface area contributed by atoms with E-state index in [0.29, 0.717) is 12.6 Å². The molecule has 1 amide bonds. The quantitative estimate of drug-likeness (QED) is 0.883. The number of aliphatic imine (C=N–C) groups is 1. The van der Waals surface area contributed by atoms with E-state index in [1.165, 1.54) is 0 Å². The van der Waals surface area contributed by atoms with Crippen LogP contribution in [-0.4, -0.2) is 24.5 Å². The Hall–Kier alpha value is -1.88. The molecule has 108 valence electrons. The highest BCUT2D eigenvalue weighted by molar-refractivity contribution is 6.05. The Kier molecular flexibility index (Phi) is 4.09. The number of benzene rings is 1. The summed E-state index contributed by atoms with van der Waals surface area (Å²) in [6.07, 6.45) is 0. The van der Waals surface area contributed by atoms with E-state index >= 15 is 0 Å². The number of carbonyl (C=O) groups excluding carboxylic acids is 1. The normalized spacial score (nSPS) is 18.7. The average molecular weight is 275 g/mol. The minimum atomic E-state index is -0.476. The van der Waals surface area contributed by atoms with Gasteiger partial charge in [-0.05, 0) is 31.9 Å². The molecule has 0 radical (unpaired) electrons. The van der Waals surface area contributed by atoms with E-state index in [-0.39, 0.29) is 11.4 Å². The summed E-state index contributed by atoms with van der Waals surface area (Å²) in [5.74, 6) is 0.435. The molecular formula is C15H21N3O2. The number of hydrogen-bond acceptors (Lipinski definition) is 4. The first-order valence-corrected chi connectivity index (χ1v) is 6.64. The van der Waals surface area contributed by atoms with Crippen LogP contribution in [0.2, 0.25) is 0 Å². The smallest absolute Gasteiger partial charge is 0.256 e. The molecule has 0 aliphatic carbocycles. The zero-order valence-corrected chi connectivity index (χ0v) is 12.4. The van der Waals surface area contributed by atoms with Gasteiger partial charge in [0.25, 0.3) is 5.91 Å². The van der Waals surface area contributed by atoms with Crippen molar-refractivity contribution >= 4 is 11.9 Å². The van der Waals surface area contributed by atoms with Gasteiger partial charge in [-0.1, -0.05) is 24.3 Å². The van der Waals surface area contributed by atoms with E-state index in [2.05, 4.69) is 15.6 Å². The van der Waals surface area contributed by atoms with Gasteiger partial charge >= 0.3 is 0 Å². The Morgan fingerprint density at radius 3 is 2.50 bits per heavy atom. The van der Waals surface area contributed by atoms with Gasteiger partial charge in [0, 0.05) is 12.6 Å². The summed E-state index contributed by atoms with van der Waals surface area (Å²) < 4.78 is 5.07. The fraction of sp³-hybridized carbons (Fsp3) is 0.467. The number of nitrogens with zero attached hydrogens (tertiary/aromatic N) is 1. The molecule has 0 saturated carbocycles. The number of amides is 1. The molecule has 0 bridgehead atoms. The van der Waals surface area contributed by atoms with E-state index in [1.54, 1.807) is 7.11 Å². The van der Waals surface area contributed by atoms with Gasteiger partial charge in [-0.15, -0.1) is 0 Å². The fourth-order valence-electron chi connectivity index (χ4n) is 2.01. The molecule has 2 rings (SSSR count). The summed E-state index contributed by atoms with van der Waals surface area (Å²) in [7, 11) is 1.66. The number of methoxy groups -OCH3 is 1. The van der Waals surface area contributed by atoms with Gasteiger partial charge in [0.15, 0.2) is 12.0 Å². The van der Waals surface area contributed by atoms with Gasteiger partial charge in [0.05, 0.1) is 6.61 Å². The molecular weight excluding hydrogens is 254 g/mol. The third kappa shape index (κ3) is 3.57. The Labute approximate surface area is 119 Å². The van der Waals surface area contributed by atoms with Crippen molar-refractivity contribution in [3.05, 3.63) is 35.4 Å². The maximum atomic E-state index is 12.0. The summed E-state index contributed by atoms with van der Waals surface area (Å²) in [5.41, 5.74) is 1.82. The Morgan fingerprint density at radius 1 is 1.30 bits per heavy atom. The van der Waals surface area contributed by atoms with Crippen LogP contribution in [0.25, 0.3) is 0 Å². The average Bonchev–Trinajstić information content (AvgIpc) is 2.69. The number of ether oxygens (including phenoxy) is 1. The lowest BCUT2D eigenvalue weighted by Crippen LogP contribution is -2.46. The van der Waals surface area contributed by atoms with Crippen LogP contribution in [0.4, 0.5) is 0 Å². The topological polar surface area (TPSA) is 62.7 Å². The van der Waals surface area contributed by atoms with Crippen LogP contribution in [0.3, 0.4) is 0 Å². The molecule has 2 N–H and O–H groups in total. The highest BCUT2D eigenvalue weighted by Crippen LogP contribution is 2.22. The Bertz CT molecular complexity index is 515. The number of hydrogen-bond donors (Lipinski definition) is 2. The van der Waals surface area contributed by atoms with Crippen molar-refractivity contribution < 1.29 is 9.53 Å².